The number of nitrogens with zero attached hydrogens (tertiary/aromatic N) is 1. The molecule has 0 aliphatic carbocycles. The molecule has 5 rings (SSSR count). The summed E-state index contributed by atoms with van der Waals surface area (Å²) in [5.74, 6) is 0.897. The summed E-state index contributed by atoms with van der Waals surface area (Å²) in [6, 6.07) is 31.2. The number of rotatable bonds is 14. The highest BCUT2D eigenvalue weighted by Crippen LogP contribution is 2.27. The molecule has 0 saturated carbocycles. The van der Waals surface area contributed by atoms with Crippen LogP contribution in [0.1, 0.15) is 57.8 Å². The van der Waals surface area contributed by atoms with Gasteiger partial charge in [0.2, 0.25) is 0 Å². The quantitative estimate of drug-likeness (QED) is 0.119. The molecule has 0 fully saturated rings. The number of fused-ring (bicyclic) bond motifs is 1. The van der Waals surface area contributed by atoms with Crippen molar-refractivity contribution < 1.29 is 24.9 Å². The summed E-state index contributed by atoms with van der Waals surface area (Å²) in [4.78, 5) is 13.7. The van der Waals surface area contributed by atoms with E-state index in [2.05, 4.69) is 47.1 Å². The molecule has 0 unspecified atom stereocenters. The van der Waals surface area contributed by atoms with Crippen LogP contribution in [0.25, 0.3) is 10.9 Å². The van der Waals surface area contributed by atoms with Crippen LogP contribution in [-0.4, -0.2) is 45.4 Å². The summed E-state index contributed by atoms with van der Waals surface area (Å²) >= 11 is 0. The van der Waals surface area contributed by atoms with Gasteiger partial charge in [0.25, 0.3) is 0 Å². The Morgan fingerprint density at radius 3 is 2.45 bits per heavy atom. The van der Waals surface area contributed by atoms with E-state index in [-0.39, 0.29) is 24.2 Å². The van der Waals surface area contributed by atoms with Crippen LogP contribution in [0, 0.1) is 0 Å². The summed E-state index contributed by atoms with van der Waals surface area (Å²) < 4.78 is 7.61. The van der Waals surface area contributed by atoms with Gasteiger partial charge in [0, 0.05) is 42.0 Å². The first-order valence-corrected chi connectivity index (χ1v) is 15.0. The third kappa shape index (κ3) is 7.37. The summed E-state index contributed by atoms with van der Waals surface area (Å²) in [7, 11) is 1.65. The number of aromatic nitrogens is 1. The van der Waals surface area contributed by atoms with Crippen LogP contribution in [0.4, 0.5) is 0 Å². The Hall–Kier alpha value is -4.43. The molecule has 5 aromatic rings. The molecule has 1 aromatic heterocycles. The van der Waals surface area contributed by atoms with E-state index in [0.717, 1.165) is 39.8 Å². The average Bonchev–Trinajstić information content (AvgIpc) is 3.40. The van der Waals surface area contributed by atoms with E-state index in [9.17, 15) is 20.1 Å². The Bertz CT molecular complexity index is 1710. The zero-order valence-electron chi connectivity index (χ0n) is 25.2. The van der Waals surface area contributed by atoms with Gasteiger partial charge in [-0.1, -0.05) is 60.7 Å². The molecule has 2 atom stereocenters. The summed E-state index contributed by atoms with van der Waals surface area (Å²) in [5.41, 5.74) is 6.01. The number of hydrogen-bond donors (Lipinski definition) is 4. The van der Waals surface area contributed by atoms with Crippen molar-refractivity contribution in [2.24, 2.45) is 0 Å². The van der Waals surface area contributed by atoms with Crippen LogP contribution in [-0.2, 0) is 26.0 Å². The van der Waals surface area contributed by atoms with Crippen molar-refractivity contribution in [3.63, 3.8) is 0 Å². The van der Waals surface area contributed by atoms with Gasteiger partial charge in [0.05, 0.1) is 25.5 Å². The topological polar surface area (TPSA) is 104 Å². The number of Topliss-reactive ketones (excluding diaryl/α,β-unsaturated/α-hetero) is 1. The maximum Gasteiger partial charge on any atom is 0.179 e. The predicted octanol–water partition coefficient (Wildman–Crippen LogP) is 5.97. The molecule has 0 bridgehead atoms. The number of carbonyl (C=O) groups is 1. The zero-order chi connectivity index (χ0) is 31.1. The second-order valence-electron chi connectivity index (χ2n) is 11.3. The molecule has 4 aromatic carbocycles. The largest absolute Gasteiger partial charge is 0.508 e. The van der Waals surface area contributed by atoms with E-state index in [1.165, 1.54) is 6.07 Å². The Balaban J connectivity index is 1.32. The van der Waals surface area contributed by atoms with Crippen LogP contribution in [0.2, 0.25) is 0 Å². The lowest BCUT2D eigenvalue weighted by Gasteiger charge is -2.18. The minimum Gasteiger partial charge on any atom is -0.508 e. The van der Waals surface area contributed by atoms with Gasteiger partial charge in [-0.05, 0) is 78.4 Å². The van der Waals surface area contributed by atoms with Gasteiger partial charge in [-0.25, -0.2) is 0 Å². The van der Waals surface area contributed by atoms with E-state index >= 15 is 0 Å². The van der Waals surface area contributed by atoms with Gasteiger partial charge in [-0.2, -0.15) is 0 Å². The van der Waals surface area contributed by atoms with E-state index in [0.29, 0.717) is 42.8 Å². The molecular weight excluding hydrogens is 552 g/mol. The molecular formula is C37H40N2O5. The molecule has 0 saturated heterocycles. The molecule has 4 N–H and O–H groups in total. The highest BCUT2D eigenvalue weighted by atomic mass is 16.5. The van der Waals surface area contributed by atoms with E-state index in [4.69, 9.17) is 4.74 Å². The fourth-order valence-electron chi connectivity index (χ4n) is 5.70. The number of phenols is 1. The van der Waals surface area contributed by atoms with Crippen molar-refractivity contribution >= 4 is 16.7 Å². The molecule has 7 nitrogen and oxygen atoms in total. The van der Waals surface area contributed by atoms with Crippen LogP contribution in [0.3, 0.4) is 0 Å². The van der Waals surface area contributed by atoms with Crippen LogP contribution in [0.5, 0.6) is 11.5 Å². The van der Waals surface area contributed by atoms with Gasteiger partial charge >= 0.3 is 0 Å². The molecule has 0 spiro atoms. The third-order valence-electron chi connectivity index (χ3n) is 8.11. The number of aryl methyl sites for hydroxylation is 1. The van der Waals surface area contributed by atoms with Gasteiger partial charge in [-0.15, -0.1) is 0 Å². The number of carbonyl (C=O) groups excluding carboxylic acids is 1. The number of aliphatic hydroxyl groups is 2. The molecule has 0 aliphatic heterocycles. The number of ether oxygens (including phenoxy) is 1. The molecule has 0 aliphatic rings. The lowest BCUT2D eigenvalue weighted by molar-refractivity contribution is 0.0974. The van der Waals surface area contributed by atoms with Crippen molar-refractivity contribution in [1.29, 1.82) is 0 Å². The van der Waals surface area contributed by atoms with E-state index in [1.54, 1.807) is 19.2 Å². The van der Waals surface area contributed by atoms with Gasteiger partial charge in [-0.3, -0.25) is 4.79 Å². The Morgan fingerprint density at radius 2 is 1.68 bits per heavy atom. The molecule has 0 radical (unpaired) electrons. The summed E-state index contributed by atoms with van der Waals surface area (Å²) in [5, 5.41) is 34.3. The van der Waals surface area contributed by atoms with Crippen LogP contribution >= 0.6 is 0 Å². The number of ketones is 1. The summed E-state index contributed by atoms with van der Waals surface area (Å²) in [6.07, 6.45) is 0.938. The Morgan fingerprint density at radius 1 is 0.909 bits per heavy atom. The third-order valence-corrected chi connectivity index (χ3v) is 8.11. The molecule has 1 heterocycles. The van der Waals surface area contributed by atoms with Crippen LogP contribution in [0.15, 0.2) is 97.1 Å². The highest BCUT2D eigenvalue weighted by Gasteiger charge is 2.18. The number of aromatic hydroxyl groups is 1. The zero-order valence-corrected chi connectivity index (χ0v) is 25.2. The normalized spacial score (nSPS) is 12.7. The molecule has 44 heavy (non-hydrogen) atoms. The summed E-state index contributed by atoms with van der Waals surface area (Å²) in [6.45, 7) is 2.71. The number of aliphatic hydroxyl groups excluding tert-OH is 2. The van der Waals surface area contributed by atoms with Gasteiger partial charge < -0.3 is 29.9 Å². The maximum atomic E-state index is 13.7. The highest BCUT2D eigenvalue weighted by molar-refractivity contribution is 6.00. The second-order valence-corrected chi connectivity index (χ2v) is 11.3. The minimum atomic E-state index is -0.776. The van der Waals surface area contributed by atoms with Crippen molar-refractivity contribution in [1.82, 2.24) is 9.88 Å². The number of hydrogen-bond acceptors (Lipinski definition) is 6. The average molecular weight is 593 g/mol. The Kier molecular flexibility index (Phi) is 10.1. The molecule has 0 amide bonds. The fraction of sp³-hybridized carbons (Fsp3) is 0.270. The first kappa shape index (κ1) is 31.0. The lowest BCUT2D eigenvalue weighted by Crippen LogP contribution is -2.32. The van der Waals surface area contributed by atoms with Crippen molar-refractivity contribution in [2.45, 2.75) is 51.5 Å². The van der Waals surface area contributed by atoms with Crippen molar-refractivity contribution in [3.8, 4) is 11.5 Å². The predicted molar refractivity (Wildman–Crippen MR) is 173 cm³/mol. The fourth-order valence-corrected chi connectivity index (χ4v) is 5.70. The first-order chi connectivity index (χ1) is 21.4. The standard InChI is InChI=1S/C37H40N2O5/c1-25(38-22-36(43)29-14-16-34(41)31(20-29)24-40)18-27-12-15-32-30(19-27)21-33(39(32)23-26-8-4-3-5-9-26)35(42)17-13-28-10-6-7-11-37(28)44-2/h3-12,14-16,19-21,25,36,38,40-41,43H,13,17-18,22-24H2,1-2H3/t25-,36+/m1/s1. The number of methoxy groups -OCH3 is 1. The second kappa shape index (κ2) is 14.4. The van der Waals surface area contributed by atoms with E-state index < -0.39 is 6.10 Å². The van der Waals surface area contributed by atoms with Crippen molar-refractivity contribution in [3.05, 3.63) is 131 Å². The van der Waals surface area contributed by atoms with Gasteiger partial charge in [0.1, 0.15) is 11.5 Å². The van der Waals surface area contributed by atoms with Gasteiger partial charge in [0.15, 0.2) is 5.78 Å². The van der Waals surface area contributed by atoms with Crippen molar-refractivity contribution in [2.75, 3.05) is 13.7 Å². The smallest absolute Gasteiger partial charge is 0.179 e. The number of benzene rings is 4. The Labute approximate surface area is 258 Å². The first-order valence-electron chi connectivity index (χ1n) is 15.0. The van der Waals surface area contributed by atoms with E-state index in [1.807, 2.05) is 48.5 Å². The SMILES string of the molecule is COc1ccccc1CCC(=O)c1cc2cc(C[C@@H](C)NC[C@H](O)c3ccc(O)c(CO)c3)ccc2n1Cc1ccccc1. The molecule has 228 valence electrons. The lowest BCUT2D eigenvalue weighted by atomic mass is 10.0. The van der Waals surface area contributed by atoms with Crippen LogP contribution < -0.4 is 10.1 Å². The number of para-hydroxylation sites is 1. The number of nitrogens with one attached hydrogen (secondary N) is 1. The monoisotopic (exact) mass is 592 g/mol. The minimum absolute atomic E-state index is 0.0130. The molecule has 7 heteroatoms. The maximum absolute atomic E-state index is 13.7.